The largest absolute Gasteiger partial charge is 0.490 e. The zero-order valence-corrected chi connectivity index (χ0v) is 17.3. The first-order valence-corrected chi connectivity index (χ1v) is 9.94. The Morgan fingerprint density at radius 1 is 1.28 bits per heavy atom. The van der Waals surface area contributed by atoms with Crippen molar-refractivity contribution in [1.29, 1.82) is 0 Å². The van der Waals surface area contributed by atoms with Crippen LogP contribution in [0.1, 0.15) is 17.5 Å². The van der Waals surface area contributed by atoms with E-state index in [1.54, 1.807) is 22.9 Å². The second kappa shape index (κ2) is 9.61. The van der Waals surface area contributed by atoms with E-state index < -0.39 is 0 Å². The van der Waals surface area contributed by atoms with Crippen LogP contribution in [0.4, 0.5) is 0 Å². The molecular weight excluding hydrogens is 388 g/mol. The molecule has 6 heteroatoms. The number of carbonyl (C=O) groups is 2. The van der Waals surface area contributed by atoms with Gasteiger partial charge in [0.15, 0.2) is 0 Å². The summed E-state index contributed by atoms with van der Waals surface area (Å²) in [4.78, 5) is 28.6. The van der Waals surface area contributed by atoms with E-state index in [0.717, 1.165) is 16.9 Å². The molecule has 1 aliphatic rings. The molecule has 1 atom stereocenters. The van der Waals surface area contributed by atoms with Gasteiger partial charge in [-0.1, -0.05) is 54.6 Å². The van der Waals surface area contributed by atoms with Gasteiger partial charge in [0, 0.05) is 38.1 Å². The summed E-state index contributed by atoms with van der Waals surface area (Å²) in [5.74, 6) is 0.400. The molecule has 0 radical (unpaired) electrons. The molecule has 1 heterocycles. The van der Waals surface area contributed by atoms with Crippen LogP contribution in [-0.4, -0.2) is 41.8 Å². The number of benzene rings is 2. The highest BCUT2D eigenvalue weighted by molar-refractivity contribution is 6.31. The van der Waals surface area contributed by atoms with Gasteiger partial charge < -0.3 is 14.5 Å². The third-order valence-corrected chi connectivity index (χ3v) is 5.34. The Bertz CT molecular complexity index is 882. The lowest BCUT2D eigenvalue weighted by molar-refractivity contribution is -0.135. The Labute approximate surface area is 176 Å². The second-order valence-corrected chi connectivity index (χ2v) is 7.61. The number of amides is 2. The maximum absolute atomic E-state index is 12.9. The Morgan fingerprint density at radius 2 is 2.00 bits per heavy atom. The Balaban J connectivity index is 1.56. The van der Waals surface area contributed by atoms with Gasteiger partial charge in [0.25, 0.3) is 0 Å². The van der Waals surface area contributed by atoms with Gasteiger partial charge in [0.1, 0.15) is 12.4 Å². The van der Waals surface area contributed by atoms with Crippen molar-refractivity contribution in [3.63, 3.8) is 0 Å². The number of carbonyl (C=O) groups excluding carboxylic acids is 2. The van der Waals surface area contributed by atoms with Gasteiger partial charge in [-0.15, -0.1) is 0 Å². The minimum Gasteiger partial charge on any atom is -0.490 e. The maximum atomic E-state index is 12.9. The number of hydrogen-bond acceptors (Lipinski definition) is 3. The average molecular weight is 413 g/mol. The van der Waals surface area contributed by atoms with Crippen molar-refractivity contribution in [1.82, 2.24) is 9.80 Å². The Morgan fingerprint density at radius 3 is 2.69 bits per heavy atom. The van der Waals surface area contributed by atoms with E-state index in [0.29, 0.717) is 31.3 Å². The smallest absolute Gasteiger partial charge is 0.228 e. The first-order valence-electron chi connectivity index (χ1n) is 9.56. The van der Waals surface area contributed by atoms with E-state index in [-0.39, 0.29) is 24.2 Å². The third kappa shape index (κ3) is 5.39. The number of hydrogen-bond donors (Lipinski definition) is 0. The van der Waals surface area contributed by atoms with Gasteiger partial charge in [-0.2, -0.15) is 0 Å². The Hall–Kier alpha value is -2.79. The molecule has 3 rings (SSSR count). The van der Waals surface area contributed by atoms with Crippen molar-refractivity contribution >= 4 is 23.4 Å². The molecule has 0 spiro atoms. The summed E-state index contributed by atoms with van der Waals surface area (Å²) < 4.78 is 5.47. The van der Waals surface area contributed by atoms with Crippen LogP contribution in [0.15, 0.2) is 61.2 Å². The number of likely N-dealkylation sites (tertiary alicyclic amines) is 1. The molecule has 0 saturated carbocycles. The van der Waals surface area contributed by atoms with Crippen LogP contribution in [0, 0.1) is 5.92 Å². The summed E-state index contributed by atoms with van der Waals surface area (Å²) >= 11 is 6.20. The normalized spacial score (nSPS) is 16.0. The third-order valence-electron chi connectivity index (χ3n) is 4.97. The van der Waals surface area contributed by atoms with Crippen molar-refractivity contribution in [3.05, 3.63) is 77.3 Å². The first kappa shape index (κ1) is 20.9. The SMILES string of the molecule is C=CCOc1ccc(CN(C)C(=O)C2CC(=O)N(Cc3ccccc3Cl)C2)cc1. The number of halogens is 1. The molecule has 1 fully saturated rings. The summed E-state index contributed by atoms with van der Waals surface area (Å²) in [5, 5.41) is 0.632. The van der Waals surface area contributed by atoms with E-state index in [4.69, 9.17) is 16.3 Å². The van der Waals surface area contributed by atoms with Crippen molar-refractivity contribution in [2.75, 3.05) is 20.2 Å². The van der Waals surface area contributed by atoms with Crippen molar-refractivity contribution in [3.8, 4) is 5.75 Å². The number of rotatable bonds is 8. The lowest BCUT2D eigenvalue weighted by Gasteiger charge is -2.22. The van der Waals surface area contributed by atoms with E-state index >= 15 is 0 Å². The molecule has 2 aromatic rings. The summed E-state index contributed by atoms with van der Waals surface area (Å²) in [6.07, 6.45) is 1.93. The molecular formula is C23H25ClN2O3. The van der Waals surface area contributed by atoms with Gasteiger partial charge in [-0.25, -0.2) is 0 Å². The van der Waals surface area contributed by atoms with Gasteiger partial charge in [0.2, 0.25) is 11.8 Å². The molecule has 0 aromatic heterocycles. The van der Waals surface area contributed by atoms with Gasteiger partial charge in [-0.3, -0.25) is 9.59 Å². The molecule has 0 bridgehead atoms. The minimum atomic E-state index is -0.329. The summed E-state index contributed by atoms with van der Waals surface area (Å²) in [5.41, 5.74) is 1.90. The molecule has 0 N–H and O–H groups in total. The fourth-order valence-corrected chi connectivity index (χ4v) is 3.63. The molecule has 1 unspecified atom stereocenters. The predicted octanol–water partition coefficient (Wildman–Crippen LogP) is 3.91. The van der Waals surface area contributed by atoms with Crippen LogP contribution in [0.5, 0.6) is 5.75 Å². The molecule has 2 aromatic carbocycles. The molecule has 0 aliphatic carbocycles. The quantitative estimate of drug-likeness (QED) is 0.617. The van der Waals surface area contributed by atoms with E-state index in [1.807, 2.05) is 48.5 Å². The van der Waals surface area contributed by atoms with Crippen LogP contribution < -0.4 is 4.74 Å². The monoisotopic (exact) mass is 412 g/mol. The topological polar surface area (TPSA) is 49.9 Å². The van der Waals surface area contributed by atoms with Crippen molar-refractivity contribution in [2.24, 2.45) is 5.92 Å². The lowest BCUT2D eigenvalue weighted by atomic mass is 10.1. The fraction of sp³-hybridized carbons (Fsp3) is 0.304. The minimum absolute atomic E-state index is 0.0135. The van der Waals surface area contributed by atoms with Gasteiger partial charge >= 0.3 is 0 Å². The van der Waals surface area contributed by atoms with Crippen LogP contribution in [-0.2, 0) is 22.7 Å². The average Bonchev–Trinajstić information content (AvgIpc) is 3.09. The predicted molar refractivity (Wildman–Crippen MR) is 114 cm³/mol. The van der Waals surface area contributed by atoms with Crippen LogP contribution in [0.2, 0.25) is 5.02 Å². The highest BCUT2D eigenvalue weighted by atomic mass is 35.5. The molecule has 29 heavy (non-hydrogen) atoms. The highest BCUT2D eigenvalue weighted by Crippen LogP contribution is 2.25. The van der Waals surface area contributed by atoms with E-state index in [9.17, 15) is 9.59 Å². The Kier molecular flexibility index (Phi) is 6.94. The zero-order chi connectivity index (χ0) is 20.8. The van der Waals surface area contributed by atoms with E-state index in [1.165, 1.54) is 0 Å². The standard InChI is InChI=1S/C23H25ClN2O3/c1-3-12-29-20-10-8-17(9-11-20)14-25(2)23(28)19-13-22(27)26(16-19)15-18-6-4-5-7-21(18)24/h3-11,19H,1,12-16H2,2H3. The zero-order valence-electron chi connectivity index (χ0n) is 16.5. The molecule has 1 aliphatic heterocycles. The molecule has 5 nitrogen and oxygen atoms in total. The second-order valence-electron chi connectivity index (χ2n) is 7.20. The number of nitrogens with zero attached hydrogens (tertiary/aromatic N) is 2. The summed E-state index contributed by atoms with van der Waals surface area (Å²) in [7, 11) is 1.77. The molecule has 152 valence electrons. The molecule has 2 amide bonds. The first-order chi connectivity index (χ1) is 14.0. The van der Waals surface area contributed by atoms with Crippen LogP contribution in [0.3, 0.4) is 0 Å². The van der Waals surface area contributed by atoms with E-state index in [2.05, 4.69) is 6.58 Å². The van der Waals surface area contributed by atoms with Crippen molar-refractivity contribution in [2.45, 2.75) is 19.5 Å². The van der Waals surface area contributed by atoms with Gasteiger partial charge in [-0.05, 0) is 29.3 Å². The summed E-state index contributed by atoms with van der Waals surface area (Å²) in [6.45, 7) is 5.41. The van der Waals surface area contributed by atoms with Gasteiger partial charge in [0.05, 0.1) is 5.92 Å². The lowest BCUT2D eigenvalue weighted by Crippen LogP contribution is -2.34. The highest BCUT2D eigenvalue weighted by Gasteiger charge is 2.35. The van der Waals surface area contributed by atoms with Crippen LogP contribution in [0.25, 0.3) is 0 Å². The summed E-state index contributed by atoms with van der Waals surface area (Å²) in [6, 6.07) is 15.1. The number of ether oxygens (including phenoxy) is 1. The maximum Gasteiger partial charge on any atom is 0.228 e. The van der Waals surface area contributed by atoms with Crippen LogP contribution >= 0.6 is 11.6 Å². The van der Waals surface area contributed by atoms with Crippen molar-refractivity contribution < 1.29 is 14.3 Å². The fourth-order valence-electron chi connectivity index (χ4n) is 3.43. The molecule has 1 saturated heterocycles.